The number of H-pyrrole nitrogens is 1. The number of benzene rings is 1. The van der Waals surface area contributed by atoms with E-state index in [0.717, 1.165) is 37.2 Å². The zero-order valence-corrected chi connectivity index (χ0v) is 15.2. The standard InChI is InChI=1S/C11H12N2O2.3C2H4O2/c12-9(11(14)15)5-7-6-13-10-4-2-1-3-8(7)10;3*1-2(3)4/h1-4,6,9,13H,5,12H2,(H,14,15);3*1H3,(H,3,4). The third kappa shape index (κ3) is 15.8. The van der Waals surface area contributed by atoms with Crippen molar-refractivity contribution in [2.45, 2.75) is 33.2 Å². The fourth-order valence-corrected chi connectivity index (χ4v) is 1.62. The van der Waals surface area contributed by atoms with Crippen molar-refractivity contribution >= 4 is 34.8 Å². The summed E-state index contributed by atoms with van der Waals surface area (Å²) in [6.45, 7) is 3.25. The van der Waals surface area contributed by atoms with E-state index in [1.807, 2.05) is 30.5 Å². The molecule has 0 fully saturated rings. The van der Waals surface area contributed by atoms with Crippen LogP contribution in [0.3, 0.4) is 0 Å². The number of aromatic nitrogens is 1. The number of carboxylic acid groups (broad SMARTS) is 4. The molecule has 10 heteroatoms. The van der Waals surface area contributed by atoms with Gasteiger partial charge in [0, 0.05) is 44.3 Å². The molecule has 1 heterocycles. The van der Waals surface area contributed by atoms with Crippen LogP contribution in [0.25, 0.3) is 10.9 Å². The summed E-state index contributed by atoms with van der Waals surface area (Å²) in [6.07, 6.45) is 2.16. The van der Waals surface area contributed by atoms with E-state index in [2.05, 4.69) is 4.98 Å². The van der Waals surface area contributed by atoms with Crippen molar-refractivity contribution in [2.75, 3.05) is 0 Å². The number of nitrogens with one attached hydrogen (secondary N) is 1. The Morgan fingerprint density at radius 1 is 0.926 bits per heavy atom. The van der Waals surface area contributed by atoms with Gasteiger partial charge < -0.3 is 31.1 Å². The average molecular weight is 384 g/mol. The molecule has 0 saturated carbocycles. The molecule has 10 nitrogen and oxygen atoms in total. The van der Waals surface area contributed by atoms with Crippen LogP contribution in [0.5, 0.6) is 0 Å². The van der Waals surface area contributed by atoms with E-state index in [9.17, 15) is 4.79 Å². The van der Waals surface area contributed by atoms with Crippen LogP contribution in [0.1, 0.15) is 26.3 Å². The summed E-state index contributed by atoms with van der Waals surface area (Å²) in [7, 11) is 0. The number of carboxylic acids is 4. The first-order valence-corrected chi connectivity index (χ1v) is 7.50. The zero-order chi connectivity index (χ0) is 21.6. The molecular formula is C17H24N2O8. The van der Waals surface area contributed by atoms with Crippen molar-refractivity contribution in [1.29, 1.82) is 0 Å². The van der Waals surface area contributed by atoms with Crippen LogP contribution in [0, 0.1) is 0 Å². The second kappa shape index (κ2) is 13.8. The molecule has 1 atom stereocenters. The van der Waals surface area contributed by atoms with Crippen LogP contribution in [0.15, 0.2) is 30.5 Å². The van der Waals surface area contributed by atoms with Gasteiger partial charge in [-0.25, -0.2) is 0 Å². The summed E-state index contributed by atoms with van der Waals surface area (Å²) >= 11 is 0. The SMILES string of the molecule is CC(=O)O.CC(=O)O.CC(=O)O.NC(Cc1c[nH]c2ccccc12)C(=O)O. The maximum Gasteiger partial charge on any atom is 0.320 e. The molecule has 0 radical (unpaired) electrons. The Bertz CT molecular complexity index is 714. The molecule has 0 amide bonds. The molecule has 0 bridgehead atoms. The summed E-state index contributed by atoms with van der Waals surface area (Å²) in [5, 5.41) is 32.0. The monoisotopic (exact) mass is 384 g/mol. The second-order valence-electron chi connectivity index (χ2n) is 5.07. The van der Waals surface area contributed by atoms with Gasteiger partial charge in [-0.15, -0.1) is 0 Å². The van der Waals surface area contributed by atoms with Crippen LogP contribution < -0.4 is 5.73 Å². The van der Waals surface area contributed by atoms with Crippen LogP contribution in [0.2, 0.25) is 0 Å². The number of fused-ring (bicyclic) bond motifs is 1. The van der Waals surface area contributed by atoms with Crippen LogP contribution in [-0.2, 0) is 25.6 Å². The average Bonchev–Trinajstić information content (AvgIpc) is 2.89. The van der Waals surface area contributed by atoms with Gasteiger partial charge in [-0.2, -0.15) is 0 Å². The molecule has 27 heavy (non-hydrogen) atoms. The number of rotatable bonds is 3. The molecule has 0 aliphatic carbocycles. The van der Waals surface area contributed by atoms with E-state index in [1.165, 1.54) is 0 Å². The van der Waals surface area contributed by atoms with Crippen molar-refractivity contribution in [3.63, 3.8) is 0 Å². The molecule has 7 N–H and O–H groups in total. The Hall–Kier alpha value is -3.40. The highest BCUT2D eigenvalue weighted by atomic mass is 16.4. The summed E-state index contributed by atoms with van der Waals surface area (Å²) < 4.78 is 0. The number of nitrogens with two attached hydrogens (primary N) is 1. The van der Waals surface area contributed by atoms with Crippen molar-refractivity contribution < 1.29 is 39.6 Å². The Kier molecular flexibility index (Phi) is 13.2. The molecule has 2 aromatic rings. The van der Waals surface area contributed by atoms with Crippen molar-refractivity contribution in [2.24, 2.45) is 5.73 Å². The molecule has 1 aromatic heterocycles. The number of hydrogen-bond acceptors (Lipinski definition) is 5. The highest BCUT2D eigenvalue weighted by Gasteiger charge is 2.14. The molecule has 1 unspecified atom stereocenters. The minimum atomic E-state index is -0.972. The predicted molar refractivity (Wildman–Crippen MR) is 97.5 cm³/mol. The number of hydrogen-bond donors (Lipinski definition) is 6. The van der Waals surface area contributed by atoms with Crippen LogP contribution in [0.4, 0.5) is 0 Å². The normalized spacial score (nSPS) is 9.93. The Labute approximate surface area is 155 Å². The predicted octanol–water partition coefficient (Wildman–Crippen LogP) is 1.40. The Morgan fingerprint density at radius 2 is 1.33 bits per heavy atom. The summed E-state index contributed by atoms with van der Waals surface area (Å²) in [6, 6.07) is 6.91. The van der Waals surface area contributed by atoms with E-state index < -0.39 is 29.9 Å². The molecule has 0 aliphatic heterocycles. The van der Waals surface area contributed by atoms with Crippen LogP contribution in [-0.4, -0.2) is 55.3 Å². The first-order valence-electron chi connectivity index (χ1n) is 7.50. The summed E-state index contributed by atoms with van der Waals surface area (Å²) in [5.41, 5.74) is 7.43. The highest BCUT2D eigenvalue weighted by molar-refractivity contribution is 5.84. The van der Waals surface area contributed by atoms with Gasteiger partial charge in [0.05, 0.1) is 0 Å². The maximum absolute atomic E-state index is 10.6. The van der Waals surface area contributed by atoms with E-state index in [0.29, 0.717) is 6.42 Å². The van der Waals surface area contributed by atoms with Gasteiger partial charge in [-0.1, -0.05) is 18.2 Å². The fraction of sp³-hybridized carbons (Fsp3) is 0.294. The molecule has 0 spiro atoms. The number of aliphatic carboxylic acids is 4. The van der Waals surface area contributed by atoms with E-state index >= 15 is 0 Å². The maximum atomic E-state index is 10.6. The zero-order valence-electron chi connectivity index (χ0n) is 15.2. The smallest absolute Gasteiger partial charge is 0.320 e. The number of aromatic amines is 1. The second-order valence-corrected chi connectivity index (χ2v) is 5.07. The molecule has 1 aromatic carbocycles. The van der Waals surface area contributed by atoms with E-state index in [1.54, 1.807) is 0 Å². The van der Waals surface area contributed by atoms with Gasteiger partial charge in [0.1, 0.15) is 6.04 Å². The quantitative estimate of drug-likeness (QED) is 0.454. The minimum absolute atomic E-state index is 0.347. The van der Waals surface area contributed by atoms with E-state index in [4.69, 9.17) is 40.5 Å². The largest absolute Gasteiger partial charge is 0.481 e. The molecular weight excluding hydrogens is 360 g/mol. The van der Waals surface area contributed by atoms with Crippen LogP contribution >= 0.6 is 0 Å². The van der Waals surface area contributed by atoms with Crippen molar-refractivity contribution in [3.8, 4) is 0 Å². The molecule has 0 aliphatic rings. The fourth-order valence-electron chi connectivity index (χ4n) is 1.62. The van der Waals surface area contributed by atoms with Gasteiger partial charge >= 0.3 is 5.97 Å². The van der Waals surface area contributed by atoms with Crippen molar-refractivity contribution in [1.82, 2.24) is 4.98 Å². The first-order chi connectivity index (χ1) is 12.4. The minimum Gasteiger partial charge on any atom is -0.481 e. The van der Waals surface area contributed by atoms with Crippen molar-refractivity contribution in [3.05, 3.63) is 36.0 Å². The lowest BCUT2D eigenvalue weighted by Gasteiger charge is -2.04. The summed E-state index contributed by atoms with van der Waals surface area (Å²) in [4.78, 5) is 40.7. The Morgan fingerprint density at radius 3 is 1.74 bits per heavy atom. The lowest BCUT2D eigenvalue weighted by molar-refractivity contribution is -0.138. The van der Waals surface area contributed by atoms with Gasteiger partial charge in [-0.05, 0) is 11.6 Å². The van der Waals surface area contributed by atoms with Gasteiger partial charge in [0.15, 0.2) is 0 Å². The summed E-state index contributed by atoms with van der Waals surface area (Å²) in [5.74, 6) is -3.47. The molecule has 150 valence electrons. The number of para-hydroxylation sites is 1. The lowest BCUT2D eigenvalue weighted by Crippen LogP contribution is -2.32. The van der Waals surface area contributed by atoms with E-state index in [-0.39, 0.29) is 0 Å². The lowest BCUT2D eigenvalue weighted by atomic mass is 10.1. The molecule has 0 saturated heterocycles. The third-order valence-electron chi connectivity index (χ3n) is 2.43. The third-order valence-corrected chi connectivity index (χ3v) is 2.43. The highest BCUT2D eigenvalue weighted by Crippen LogP contribution is 2.18. The van der Waals surface area contributed by atoms with Gasteiger partial charge in [0.25, 0.3) is 17.9 Å². The molecule has 2 rings (SSSR count). The van der Waals surface area contributed by atoms with Gasteiger partial charge in [0.2, 0.25) is 0 Å². The Balaban J connectivity index is 0. The van der Waals surface area contributed by atoms with Gasteiger partial charge in [-0.3, -0.25) is 19.2 Å². The topological polar surface area (TPSA) is 191 Å². The first kappa shape index (κ1) is 25.8. The number of carbonyl (C=O) groups is 4.